The van der Waals surface area contributed by atoms with Gasteiger partial charge in [-0.25, -0.2) is 19.6 Å². The Kier molecular flexibility index (Phi) is 6.72. The first-order chi connectivity index (χ1) is 23.6. The quantitative estimate of drug-likeness (QED) is 0.406. The average molecular weight is 653 g/mol. The summed E-state index contributed by atoms with van der Waals surface area (Å²) in [7, 11) is 0. The van der Waals surface area contributed by atoms with Gasteiger partial charge in [-0.15, -0.1) is 0 Å². The van der Waals surface area contributed by atoms with Crippen molar-refractivity contribution in [2.45, 2.75) is 76.5 Å². The lowest BCUT2D eigenvalue weighted by Gasteiger charge is -2.67. The number of benzene rings is 2. The topological polar surface area (TPSA) is 13.0 Å². The largest absolute Gasteiger partial charge is 0.297 e. The van der Waals surface area contributed by atoms with Crippen molar-refractivity contribution in [2.24, 2.45) is 0 Å². The highest BCUT2D eigenvalue weighted by molar-refractivity contribution is 5.24. The summed E-state index contributed by atoms with van der Waals surface area (Å²) in [5, 5.41) is 0. The molecule has 0 N–H and O–H groups in total. The molecule has 8 fully saturated rings. The predicted molar refractivity (Wildman–Crippen MR) is 188 cm³/mol. The van der Waals surface area contributed by atoms with Crippen LogP contribution in [0.3, 0.4) is 0 Å². The number of quaternary nitrogens is 4. The van der Waals surface area contributed by atoms with Crippen molar-refractivity contribution in [1.82, 2.24) is 19.6 Å². The first kappa shape index (κ1) is 29.8. The summed E-state index contributed by atoms with van der Waals surface area (Å²) in [6.45, 7) is 26.0. The van der Waals surface area contributed by atoms with E-state index in [4.69, 9.17) is 0 Å². The molecule has 10 heterocycles. The van der Waals surface area contributed by atoms with E-state index < -0.39 is 0 Å². The fraction of sp³-hybridized carbons (Fsp3) is 0.700. The van der Waals surface area contributed by atoms with E-state index >= 15 is 0 Å². The molecule has 12 bridgehead atoms. The number of hydrogen-bond donors (Lipinski definition) is 0. The van der Waals surface area contributed by atoms with Crippen LogP contribution in [0.5, 0.6) is 0 Å². The van der Waals surface area contributed by atoms with Crippen LogP contribution in [-0.2, 0) is 26.2 Å². The van der Waals surface area contributed by atoms with Gasteiger partial charge in [0.15, 0.2) is 0 Å². The summed E-state index contributed by atoms with van der Waals surface area (Å²) < 4.78 is 5.21. The molecule has 12 rings (SSSR count). The molecule has 8 saturated heterocycles. The van der Waals surface area contributed by atoms with Crippen molar-refractivity contribution in [2.75, 3.05) is 105 Å². The summed E-state index contributed by atoms with van der Waals surface area (Å²) in [5.74, 6) is 0. The van der Waals surface area contributed by atoms with Crippen LogP contribution >= 0.6 is 0 Å². The molecule has 2 aromatic rings. The highest BCUT2D eigenvalue weighted by atomic mass is 15.7. The van der Waals surface area contributed by atoms with Gasteiger partial charge in [0, 0.05) is 74.1 Å². The molecular formula is C40H60N8+4. The Balaban J connectivity index is 1.06. The van der Waals surface area contributed by atoms with Crippen LogP contribution in [0.1, 0.15) is 47.9 Å². The second kappa shape index (κ2) is 10.8. The monoisotopic (exact) mass is 652 g/mol. The number of hydrogen-bond acceptors (Lipinski definition) is 4. The number of rotatable bonds is 0. The van der Waals surface area contributed by atoms with Gasteiger partial charge in [0.2, 0.25) is 24.7 Å². The minimum Gasteiger partial charge on any atom is -0.297 e. The van der Waals surface area contributed by atoms with E-state index in [1.54, 1.807) is 22.3 Å². The molecular weight excluding hydrogens is 592 g/mol. The highest BCUT2D eigenvalue weighted by Gasteiger charge is 2.66. The normalized spacial score (nSPS) is 44.3. The lowest BCUT2D eigenvalue weighted by molar-refractivity contribution is -1.07. The van der Waals surface area contributed by atoms with E-state index in [9.17, 15) is 0 Å². The highest BCUT2D eigenvalue weighted by Crippen LogP contribution is 2.46. The maximum atomic E-state index is 2.98. The standard InChI is InChI=1S/C40H60N8/c1-6-35-28-36(7-1)32-48-23-5-15-44-17-25-46(21-3-13-42(19-27-48)38(46)40(44)48)30-34-10-8-33(9-11-34)29-45-20-2-12-41-18-26-47(31-35)22-4-14-43(16-24-45)39(47)37(41)45/h1,6-11,28,37-40H,2-5,12-27,29-32H2/q+4. The molecule has 48 heavy (non-hydrogen) atoms. The van der Waals surface area contributed by atoms with Crippen LogP contribution in [0.25, 0.3) is 0 Å². The molecule has 8 unspecified atom stereocenters. The maximum absolute atomic E-state index is 2.98. The minimum absolute atomic E-state index is 0.635. The Labute approximate surface area is 289 Å². The summed E-state index contributed by atoms with van der Waals surface area (Å²) in [4.78, 5) is 11.9. The molecule has 0 amide bonds. The second-order valence-electron chi connectivity index (χ2n) is 18.1. The number of fused-ring (bicyclic) bond motifs is 2. The SMILES string of the molecule is c1cc2cc(c1)C[N+]13CCCN4CC[N+]5(CCCN(CC1)C5C43)Cc1ccc(cc1)C[N+]13CCCN4CC[N+]5(CCCN(CC1)C5C43)C2. The Bertz CT molecular complexity index is 1450. The predicted octanol–water partition coefficient (Wildman–Crippen LogP) is 2.85. The molecule has 0 radical (unpaired) electrons. The zero-order valence-electron chi connectivity index (χ0n) is 29.5. The molecule has 8 heteroatoms. The van der Waals surface area contributed by atoms with E-state index in [1.165, 1.54) is 175 Å². The summed E-state index contributed by atoms with van der Waals surface area (Å²) in [5.41, 5.74) is 6.41. The summed E-state index contributed by atoms with van der Waals surface area (Å²) in [6, 6.07) is 20.5. The fourth-order valence-corrected chi connectivity index (χ4v) is 14.0. The Morgan fingerprint density at radius 1 is 0.354 bits per heavy atom. The van der Waals surface area contributed by atoms with Gasteiger partial charge in [0.1, 0.15) is 26.2 Å². The minimum atomic E-state index is 0.635. The lowest BCUT2D eigenvalue weighted by atomic mass is 9.92. The van der Waals surface area contributed by atoms with Crippen LogP contribution in [0.4, 0.5) is 0 Å². The van der Waals surface area contributed by atoms with Gasteiger partial charge in [0.05, 0.1) is 78.5 Å². The first-order valence-electron chi connectivity index (χ1n) is 20.1. The van der Waals surface area contributed by atoms with Crippen molar-refractivity contribution in [1.29, 1.82) is 0 Å². The van der Waals surface area contributed by atoms with Gasteiger partial charge in [-0.3, -0.25) is 17.9 Å². The molecule has 8 atom stereocenters. The van der Waals surface area contributed by atoms with E-state index in [0.29, 0.717) is 24.7 Å². The van der Waals surface area contributed by atoms with Gasteiger partial charge in [-0.05, 0) is 6.07 Å². The molecule has 0 saturated carbocycles. The summed E-state index contributed by atoms with van der Waals surface area (Å²) in [6.07, 6.45) is 7.99. The van der Waals surface area contributed by atoms with Gasteiger partial charge in [-0.2, -0.15) is 0 Å². The van der Waals surface area contributed by atoms with Crippen molar-refractivity contribution < 1.29 is 17.9 Å². The zero-order chi connectivity index (χ0) is 31.6. The van der Waals surface area contributed by atoms with E-state index in [0.717, 1.165) is 0 Å². The lowest BCUT2D eigenvalue weighted by Crippen LogP contribution is -2.87. The first-order valence-corrected chi connectivity index (χ1v) is 20.1. The molecule has 256 valence electrons. The van der Waals surface area contributed by atoms with Gasteiger partial charge in [0.25, 0.3) is 0 Å². The number of nitrogens with zero attached hydrogens (tertiary/aromatic N) is 8. The molecule has 2 aromatic carbocycles. The van der Waals surface area contributed by atoms with E-state index in [1.807, 2.05) is 0 Å². The average Bonchev–Trinajstić information content (AvgIpc) is 3.11. The molecule has 8 nitrogen and oxygen atoms in total. The van der Waals surface area contributed by atoms with Gasteiger partial charge in [-0.1, -0.05) is 42.5 Å². The van der Waals surface area contributed by atoms with Crippen molar-refractivity contribution in [3.63, 3.8) is 0 Å². The van der Waals surface area contributed by atoms with Gasteiger partial charge < -0.3 is 0 Å². The van der Waals surface area contributed by atoms with Crippen LogP contribution in [0, 0.1) is 0 Å². The van der Waals surface area contributed by atoms with Crippen LogP contribution in [-0.4, -0.2) is 167 Å². The molecule has 0 aromatic heterocycles. The Morgan fingerprint density at radius 2 is 0.667 bits per heavy atom. The van der Waals surface area contributed by atoms with Crippen molar-refractivity contribution in [3.05, 3.63) is 70.8 Å². The maximum Gasteiger partial charge on any atom is 0.214 e. The molecule has 10 aliphatic rings. The van der Waals surface area contributed by atoms with E-state index in [2.05, 4.69) is 68.1 Å². The third kappa shape index (κ3) is 4.30. The van der Waals surface area contributed by atoms with Crippen molar-refractivity contribution in [3.8, 4) is 0 Å². The molecule has 10 aliphatic heterocycles. The number of piperazine rings is 4. The second-order valence-corrected chi connectivity index (χ2v) is 18.1. The Hall–Kier alpha value is -1.88. The molecule has 0 aliphatic carbocycles. The third-order valence-corrected chi connectivity index (χ3v) is 15.8. The molecule has 0 spiro atoms. The van der Waals surface area contributed by atoms with Crippen LogP contribution in [0.15, 0.2) is 48.5 Å². The Morgan fingerprint density at radius 3 is 1.00 bits per heavy atom. The third-order valence-electron chi connectivity index (χ3n) is 15.8. The smallest absolute Gasteiger partial charge is 0.214 e. The van der Waals surface area contributed by atoms with Crippen molar-refractivity contribution >= 4 is 0 Å². The van der Waals surface area contributed by atoms with E-state index in [-0.39, 0.29) is 0 Å². The van der Waals surface area contributed by atoms with Crippen LogP contribution < -0.4 is 0 Å². The fourth-order valence-electron chi connectivity index (χ4n) is 14.0. The van der Waals surface area contributed by atoms with Gasteiger partial charge >= 0.3 is 0 Å². The summed E-state index contributed by atoms with van der Waals surface area (Å²) >= 11 is 0. The van der Waals surface area contributed by atoms with Crippen LogP contribution in [0.2, 0.25) is 0 Å². The zero-order valence-corrected chi connectivity index (χ0v) is 29.5.